The zero-order valence-corrected chi connectivity index (χ0v) is 11.7. The first-order chi connectivity index (χ1) is 7.99. The highest BCUT2D eigenvalue weighted by atomic mass is 16.5. The molecule has 0 N–H and O–H groups in total. The van der Waals surface area contributed by atoms with Crippen LogP contribution in [0.2, 0.25) is 0 Å². The van der Waals surface area contributed by atoms with Gasteiger partial charge in [-0.2, -0.15) is 0 Å². The molecular formula is C15H22O2. The van der Waals surface area contributed by atoms with Crippen LogP contribution in [0.15, 0.2) is 0 Å². The van der Waals surface area contributed by atoms with Gasteiger partial charge in [-0.1, -0.05) is 13.8 Å². The lowest BCUT2D eigenvalue weighted by Gasteiger charge is -2.19. The van der Waals surface area contributed by atoms with Gasteiger partial charge in [0.15, 0.2) is 0 Å². The van der Waals surface area contributed by atoms with Gasteiger partial charge in [-0.05, 0) is 61.4 Å². The van der Waals surface area contributed by atoms with E-state index in [0.717, 1.165) is 29.5 Å². The number of hydrogen-bond acceptors (Lipinski definition) is 2. The number of esters is 1. The number of carbonyl (C=O) groups excluding carboxylic acids is 1. The molecule has 0 fully saturated rings. The highest BCUT2D eigenvalue weighted by Gasteiger charge is 2.20. The molecule has 0 atom stereocenters. The average Bonchev–Trinajstić information content (AvgIpc) is 2.33. The summed E-state index contributed by atoms with van der Waals surface area (Å²) in [5.41, 5.74) is 6.81. The van der Waals surface area contributed by atoms with Crippen LogP contribution >= 0.6 is 0 Å². The third kappa shape index (κ3) is 2.21. The fraction of sp³-hybridized carbons (Fsp3) is 0.533. The lowest BCUT2D eigenvalue weighted by molar-refractivity contribution is 0.0598. The molecule has 2 nitrogen and oxygen atoms in total. The summed E-state index contributed by atoms with van der Waals surface area (Å²) in [5, 5.41) is 0. The largest absolute Gasteiger partial charge is 0.465 e. The van der Waals surface area contributed by atoms with Crippen molar-refractivity contribution in [2.75, 3.05) is 7.11 Å². The Morgan fingerprint density at radius 1 is 0.941 bits per heavy atom. The van der Waals surface area contributed by atoms with E-state index in [4.69, 9.17) is 4.74 Å². The molecule has 0 radical (unpaired) electrons. The van der Waals surface area contributed by atoms with Gasteiger partial charge in [0.25, 0.3) is 0 Å². The van der Waals surface area contributed by atoms with E-state index < -0.39 is 0 Å². The predicted molar refractivity (Wildman–Crippen MR) is 70.7 cm³/mol. The summed E-state index contributed by atoms with van der Waals surface area (Å²) >= 11 is 0. The summed E-state index contributed by atoms with van der Waals surface area (Å²) in [6, 6.07) is 0. The summed E-state index contributed by atoms with van der Waals surface area (Å²) in [6.07, 6.45) is 1.87. The molecule has 0 aliphatic rings. The molecule has 0 amide bonds. The van der Waals surface area contributed by atoms with Gasteiger partial charge in [-0.15, -0.1) is 0 Å². The van der Waals surface area contributed by atoms with E-state index in [9.17, 15) is 4.79 Å². The maximum atomic E-state index is 11.9. The Morgan fingerprint density at radius 3 is 1.88 bits per heavy atom. The third-order valence-corrected chi connectivity index (χ3v) is 3.69. The van der Waals surface area contributed by atoms with E-state index in [2.05, 4.69) is 27.7 Å². The lowest BCUT2D eigenvalue weighted by atomic mass is 9.86. The number of rotatable bonds is 3. The minimum atomic E-state index is -0.215. The number of ether oxygens (including phenoxy) is 1. The van der Waals surface area contributed by atoms with Crippen LogP contribution in [0.5, 0.6) is 0 Å². The van der Waals surface area contributed by atoms with Crippen molar-refractivity contribution < 1.29 is 9.53 Å². The Balaban J connectivity index is 3.65. The zero-order chi connectivity index (χ0) is 13.2. The second kappa shape index (κ2) is 5.35. The molecule has 0 saturated heterocycles. The molecule has 1 aromatic rings. The van der Waals surface area contributed by atoms with E-state index in [0.29, 0.717) is 0 Å². The summed E-state index contributed by atoms with van der Waals surface area (Å²) in [7, 11) is 1.44. The number of benzene rings is 1. The molecule has 0 aliphatic heterocycles. The summed E-state index contributed by atoms with van der Waals surface area (Å²) in [5.74, 6) is -0.215. The van der Waals surface area contributed by atoms with Crippen LogP contribution in [-0.2, 0) is 17.6 Å². The molecule has 0 aliphatic carbocycles. The van der Waals surface area contributed by atoms with Crippen molar-refractivity contribution >= 4 is 5.97 Å². The van der Waals surface area contributed by atoms with E-state index in [1.54, 1.807) is 0 Å². The van der Waals surface area contributed by atoms with Gasteiger partial charge in [0.2, 0.25) is 0 Å². The molecule has 94 valence electrons. The van der Waals surface area contributed by atoms with Gasteiger partial charge >= 0.3 is 5.97 Å². The van der Waals surface area contributed by atoms with E-state index >= 15 is 0 Å². The summed E-state index contributed by atoms with van der Waals surface area (Å²) in [4.78, 5) is 11.9. The summed E-state index contributed by atoms with van der Waals surface area (Å²) in [6.45, 7) is 10.5. The van der Waals surface area contributed by atoms with Gasteiger partial charge < -0.3 is 4.74 Å². The molecule has 1 rings (SSSR count). The fourth-order valence-corrected chi connectivity index (χ4v) is 2.64. The molecule has 0 bridgehead atoms. The molecule has 0 aromatic heterocycles. The van der Waals surface area contributed by atoms with E-state index in [-0.39, 0.29) is 5.97 Å². The minimum Gasteiger partial charge on any atom is -0.465 e. The molecular weight excluding hydrogens is 212 g/mol. The highest BCUT2D eigenvalue weighted by Crippen LogP contribution is 2.28. The van der Waals surface area contributed by atoms with Crippen molar-refractivity contribution in [2.45, 2.75) is 47.5 Å². The number of hydrogen-bond donors (Lipinski definition) is 0. The second-order valence-electron chi connectivity index (χ2n) is 4.41. The quantitative estimate of drug-likeness (QED) is 0.748. The van der Waals surface area contributed by atoms with Crippen molar-refractivity contribution in [3.05, 3.63) is 33.4 Å². The first-order valence-electron chi connectivity index (χ1n) is 6.19. The maximum absolute atomic E-state index is 11.9. The fourth-order valence-electron chi connectivity index (χ4n) is 2.64. The van der Waals surface area contributed by atoms with Crippen molar-refractivity contribution in [1.29, 1.82) is 0 Å². The standard InChI is InChI=1S/C15H22O2/c1-7-12-9(3)10(4)14(15(16)17-6)13(8-2)11(12)5/h7-8H2,1-6H3. The molecule has 0 saturated carbocycles. The average molecular weight is 234 g/mol. The molecule has 17 heavy (non-hydrogen) atoms. The van der Waals surface area contributed by atoms with E-state index in [1.165, 1.54) is 23.8 Å². The topological polar surface area (TPSA) is 26.3 Å². The third-order valence-electron chi connectivity index (χ3n) is 3.69. The predicted octanol–water partition coefficient (Wildman–Crippen LogP) is 3.52. The minimum absolute atomic E-state index is 0.215. The van der Waals surface area contributed by atoms with E-state index in [1.807, 2.05) is 6.92 Å². The van der Waals surface area contributed by atoms with Crippen molar-refractivity contribution in [3.63, 3.8) is 0 Å². The van der Waals surface area contributed by atoms with Crippen LogP contribution < -0.4 is 0 Å². The van der Waals surface area contributed by atoms with Crippen LogP contribution in [0.4, 0.5) is 0 Å². The van der Waals surface area contributed by atoms with Crippen molar-refractivity contribution in [1.82, 2.24) is 0 Å². The molecule has 1 aromatic carbocycles. The monoisotopic (exact) mass is 234 g/mol. The maximum Gasteiger partial charge on any atom is 0.338 e. The lowest BCUT2D eigenvalue weighted by Crippen LogP contribution is -2.13. The number of methoxy groups -OCH3 is 1. The first kappa shape index (κ1) is 13.8. The van der Waals surface area contributed by atoms with Gasteiger partial charge in [0.05, 0.1) is 12.7 Å². The van der Waals surface area contributed by atoms with Crippen LogP contribution in [-0.4, -0.2) is 13.1 Å². The molecule has 2 heteroatoms. The Bertz CT molecular complexity index is 445. The Kier molecular flexibility index (Phi) is 4.33. The first-order valence-corrected chi connectivity index (χ1v) is 6.19. The van der Waals surface area contributed by atoms with Crippen LogP contribution in [0.1, 0.15) is 52.0 Å². The number of carbonyl (C=O) groups is 1. The van der Waals surface area contributed by atoms with Gasteiger partial charge in [0.1, 0.15) is 0 Å². The summed E-state index contributed by atoms with van der Waals surface area (Å²) < 4.78 is 4.90. The van der Waals surface area contributed by atoms with Gasteiger partial charge in [-0.3, -0.25) is 0 Å². The molecule has 0 heterocycles. The normalized spacial score (nSPS) is 10.5. The SMILES string of the molecule is CCc1c(C)c(C)c(C(=O)OC)c(CC)c1C. The second-order valence-corrected chi connectivity index (χ2v) is 4.41. The van der Waals surface area contributed by atoms with Crippen LogP contribution in [0.25, 0.3) is 0 Å². The Labute approximate surface area is 104 Å². The van der Waals surface area contributed by atoms with Gasteiger partial charge in [-0.25, -0.2) is 4.79 Å². The smallest absolute Gasteiger partial charge is 0.338 e. The molecule has 0 spiro atoms. The van der Waals surface area contributed by atoms with Crippen molar-refractivity contribution in [3.8, 4) is 0 Å². The van der Waals surface area contributed by atoms with Gasteiger partial charge in [0, 0.05) is 0 Å². The zero-order valence-electron chi connectivity index (χ0n) is 11.7. The highest BCUT2D eigenvalue weighted by molar-refractivity contribution is 5.93. The van der Waals surface area contributed by atoms with Crippen LogP contribution in [0.3, 0.4) is 0 Å². The Hall–Kier alpha value is -1.31. The Morgan fingerprint density at radius 2 is 1.47 bits per heavy atom. The van der Waals surface area contributed by atoms with Crippen LogP contribution in [0, 0.1) is 20.8 Å². The van der Waals surface area contributed by atoms with Crippen molar-refractivity contribution in [2.24, 2.45) is 0 Å². The molecule has 0 unspecified atom stereocenters.